The number of hydrogen-bond donors (Lipinski definition) is 0. The van der Waals surface area contributed by atoms with Crippen LogP contribution in [0, 0.1) is 0 Å². The zero-order valence-electron chi connectivity index (χ0n) is 24.4. The van der Waals surface area contributed by atoms with Gasteiger partial charge in [0, 0.05) is 53.0 Å². The number of nitrogens with zero attached hydrogens (tertiary/aromatic N) is 3. The van der Waals surface area contributed by atoms with Crippen molar-refractivity contribution in [3.8, 4) is 34.2 Å². The average Bonchev–Trinajstić information content (AvgIpc) is 3.68. The Kier molecular flexibility index (Phi) is 5.41. The van der Waals surface area contributed by atoms with Gasteiger partial charge in [0.15, 0.2) is 17.5 Å². The second kappa shape index (κ2) is 9.80. The van der Waals surface area contributed by atoms with Gasteiger partial charge in [0.05, 0.1) is 0 Å². The van der Waals surface area contributed by atoms with Crippen LogP contribution in [0.5, 0.6) is 0 Å². The van der Waals surface area contributed by atoms with Crippen LogP contribution in [-0.2, 0) is 0 Å². The Bertz CT molecular complexity index is 2830. The van der Waals surface area contributed by atoms with Gasteiger partial charge in [-0.2, -0.15) is 0 Å². The van der Waals surface area contributed by atoms with Gasteiger partial charge in [0.1, 0.15) is 11.2 Å². The molecule has 0 unspecified atom stereocenters. The molecule has 0 aliphatic carbocycles. The summed E-state index contributed by atoms with van der Waals surface area (Å²) in [6.45, 7) is 0. The van der Waals surface area contributed by atoms with Crippen LogP contribution < -0.4 is 0 Å². The summed E-state index contributed by atoms with van der Waals surface area (Å²) in [4.78, 5) is 15.5. The molecule has 214 valence electrons. The molecule has 0 bridgehead atoms. The molecule has 0 radical (unpaired) electrons. The highest BCUT2D eigenvalue weighted by Crippen LogP contribution is 2.38. The lowest BCUT2D eigenvalue weighted by atomic mass is 9.97. The molecule has 0 fully saturated rings. The van der Waals surface area contributed by atoms with Gasteiger partial charge in [-0.3, -0.25) is 0 Å². The molecule has 46 heavy (non-hydrogen) atoms. The Hall–Kier alpha value is -5.91. The van der Waals surface area contributed by atoms with Gasteiger partial charge in [-0.05, 0) is 58.6 Å². The van der Waals surface area contributed by atoms with Crippen LogP contribution in [0.15, 0.2) is 144 Å². The topological polar surface area (TPSA) is 51.8 Å². The first-order valence-corrected chi connectivity index (χ1v) is 16.1. The monoisotopic (exact) mass is 605 g/mol. The summed E-state index contributed by atoms with van der Waals surface area (Å²) in [5, 5.41) is 9.27. The highest BCUT2D eigenvalue weighted by atomic mass is 32.1. The van der Waals surface area contributed by atoms with Crippen LogP contribution in [0.2, 0.25) is 0 Å². The van der Waals surface area contributed by atoms with Gasteiger partial charge in [-0.15, -0.1) is 11.3 Å². The highest BCUT2D eigenvalue weighted by molar-refractivity contribution is 7.25. The van der Waals surface area contributed by atoms with Crippen molar-refractivity contribution in [2.45, 2.75) is 0 Å². The Labute approximate surface area is 267 Å². The fourth-order valence-corrected chi connectivity index (χ4v) is 7.82. The summed E-state index contributed by atoms with van der Waals surface area (Å²) in [5.41, 5.74) is 4.49. The largest absolute Gasteiger partial charge is 0.456 e. The summed E-state index contributed by atoms with van der Waals surface area (Å²) >= 11 is 1.81. The average molecular weight is 606 g/mol. The lowest BCUT2D eigenvalue weighted by Crippen LogP contribution is -2.00. The molecular weight excluding hydrogens is 583 g/mol. The molecule has 0 saturated carbocycles. The van der Waals surface area contributed by atoms with Gasteiger partial charge in [-0.25, -0.2) is 15.0 Å². The first-order chi connectivity index (χ1) is 22.8. The van der Waals surface area contributed by atoms with E-state index in [0.717, 1.165) is 49.4 Å². The Morgan fingerprint density at radius 3 is 1.98 bits per heavy atom. The van der Waals surface area contributed by atoms with E-state index in [0.29, 0.717) is 17.5 Å². The van der Waals surface area contributed by atoms with E-state index in [4.69, 9.17) is 19.4 Å². The lowest BCUT2D eigenvalue weighted by Gasteiger charge is -2.12. The molecule has 0 saturated heterocycles. The van der Waals surface area contributed by atoms with Gasteiger partial charge < -0.3 is 4.42 Å². The first-order valence-electron chi connectivity index (χ1n) is 15.3. The summed E-state index contributed by atoms with van der Waals surface area (Å²) in [7, 11) is 0. The normalized spacial score (nSPS) is 11.9. The van der Waals surface area contributed by atoms with E-state index < -0.39 is 0 Å². The van der Waals surface area contributed by atoms with Crippen molar-refractivity contribution in [1.29, 1.82) is 0 Å². The number of para-hydroxylation sites is 1. The van der Waals surface area contributed by atoms with Gasteiger partial charge in [-0.1, -0.05) is 97.1 Å². The second-order valence-electron chi connectivity index (χ2n) is 11.6. The van der Waals surface area contributed by atoms with Crippen LogP contribution in [0.3, 0.4) is 0 Å². The molecule has 0 amide bonds. The highest BCUT2D eigenvalue weighted by Gasteiger charge is 2.18. The maximum Gasteiger partial charge on any atom is 0.164 e. The van der Waals surface area contributed by atoms with Crippen molar-refractivity contribution >= 4 is 75.0 Å². The third-order valence-electron chi connectivity index (χ3n) is 8.92. The van der Waals surface area contributed by atoms with E-state index in [1.807, 2.05) is 35.6 Å². The second-order valence-corrected chi connectivity index (χ2v) is 12.7. The Balaban J connectivity index is 1.24. The molecule has 4 nitrogen and oxygen atoms in total. The fraction of sp³-hybridized carbons (Fsp3) is 0. The van der Waals surface area contributed by atoms with Crippen LogP contribution in [-0.4, -0.2) is 15.0 Å². The SMILES string of the molecule is c1ccc2c(c1)ccc1cccc(-c3nc(-c4ccc5c(c4)oc4ccccc45)nc(-c4ccc5sc6ccccc6c5c4)n3)c12. The van der Waals surface area contributed by atoms with Crippen molar-refractivity contribution in [2.75, 3.05) is 0 Å². The lowest BCUT2D eigenvalue weighted by molar-refractivity contribution is 0.669. The molecule has 10 rings (SSSR count). The minimum absolute atomic E-state index is 0.606. The first kappa shape index (κ1) is 25.4. The zero-order chi connectivity index (χ0) is 30.2. The molecule has 0 N–H and O–H groups in total. The molecule has 0 spiro atoms. The third-order valence-corrected chi connectivity index (χ3v) is 10.1. The number of furan rings is 1. The van der Waals surface area contributed by atoms with E-state index in [-0.39, 0.29) is 0 Å². The molecule has 0 aliphatic rings. The number of aromatic nitrogens is 3. The van der Waals surface area contributed by atoms with E-state index in [1.165, 1.54) is 30.9 Å². The Morgan fingerprint density at radius 2 is 1.07 bits per heavy atom. The summed E-state index contributed by atoms with van der Waals surface area (Å²) in [6, 6.07) is 48.7. The van der Waals surface area contributed by atoms with Crippen molar-refractivity contribution < 1.29 is 4.42 Å². The van der Waals surface area contributed by atoms with Crippen LogP contribution >= 0.6 is 11.3 Å². The number of rotatable bonds is 3. The Morgan fingerprint density at radius 1 is 0.413 bits per heavy atom. The molecule has 10 aromatic rings. The van der Waals surface area contributed by atoms with E-state index in [1.54, 1.807) is 0 Å². The number of benzene rings is 7. The predicted molar refractivity (Wildman–Crippen MR) is 191 cm³/mol. The molecule has 0 atom stereocenters. The number of thiophene rings is 1. The molecule has 3 heterocycles. The summed E-state index contributed by atoms with van der Waals surface area (Å²) in [6.07, 6.45) is 0. The molecule has 7 aromatic carbocycles. The van der Waals surface area contributed by atoms with Crippen molar-refractivity contribution in [2.24, 2.45) is 0 Å². The minimum atomic E-state index is 0.606. The third kappa shape index (κ3) is 3.89. The number of hydrogen-bond acceptors (Lipinski definition) is 5. The van der Waals surface area contributed by atoms with Crippen LogP contribution in [0.4, 0.5) is 0 Å². The quantitative estimate of drug-likeness (QED) is 0.188. The molecule has 5 heteroatoms. The van der Waals surface area contributed by atoms with Crippen LogP contribution in [0.1, 0.15) is 0 Å². The van der Waals surface area contributed by atoms with Gasteiger partial charge in [0.2, 0.25) is 0 Å². The van der Waals surface area contributed by atoms with Gasteiger partial charge >= 0.3 is 0 Å². The van der Waals surface area contributed by atoms with Crippen molar-refractivity contribution in [3.63, 3.8) is 0 Å². The summed E-state index contributed by atoms with van der Waals surface area (Å²) < 4.78 is 8.78. The molecule has 0 aliphatic heterocycles. The maximum absolute atomic E-state index is 6.26. The van der Waals surface area contributed by atoms with E-state index in [2.05, 4.69) is 115 Å². The van der Waals surface area contributed by atoms with Crippen LogP contribution in [0.25, 0.3) is 97.8 Å². The van der Waals surface area contributed by atoms with Crippen molar-refractivity contribution in [1.82, 2.24) is 15.0 Å². The smallest absolute Gasteiger partial charge is 0.164 e. The standard InChI is InChI=1S/C41H23N3OS/c1-2-10-28-24(8-1)16-17-25-9-7-13-32(38(25)28)41-43-39(26-19-21-37-33(22-26)31-12-4-6-15-36(31)46-37)42-40(44-41)27-18-20-30-29-11-3-5-14-34(29)45-35(30)23-27/h1-23H. The van der Waals surface area contributed by atoms with E-state index in [9.17, 15) is 0 Å². The van der Waals surface area contributed by atoms with Gasteiger partial charge in [0.25, 0.3) is 0 Å². The fourth-order valence-electron chi connectivity index (χ4n) is 6.73. The molecule has 3 aromatic heterocycles. The predicted octanol–water partition coefficient (Wildman–Crippen LogP) is 11.4. The van der Waals surface area contributed by atoms with Crippen molar-refractivity contribution in [3.05, 3.63) is 140 Å². The number of fused-ring (bicyclic) bond motifs is 9. The summed E-state index contributed by atoms with van der Waals surface area (Å²) in [5.74, 6) is 1.89. The molecular formula is C41H23N3OS. The minimum Gasteiger partial charge on any atom is -0.456 e. The maximum atomic E-state index is 6.26. The zero-order valence-corrected chi connectivity index (χ0v) is 25.3. The van der Waals surface area contributed by atoms with E-state index >= 15 is 0 Å².